The minimum absolute atomic E-state index is 0. The van der Waals surface area contributed by atoms with Crippen molar-refractivity contribution < 1.29 is 48.1 Å². The van der Waals surface area contributed by atoms with Crippen LogP contribution in [0.25, 0.3) is 0 Å². The summed E-state index contributed by atoms with van der Waals surface area (Å²) in [4.78, 5) is 0. The van der Waals surface area contributed by atoms with Gasteiger partial charge in [0.15, 0.2) is 0 Å². The molecular weight excluding hydrogens is 781 g/mol. The Balaban J connectivity index is 0.000000303. The zero-order valence-corrected chi connectivity index (χ0v) is 39.6. The molecule has 268 valence electrons. The fourth-order valence-corrected chi connectivity index (χ4v) is 12.4. The van der Waals surface area contributed by atoms with Crippen LogP contribution in [0.15, 0.2) is 118 Å². The predicted molar refractivity (Wildman–Crippen MR) is 215 cm³/mol. The van der Waals surface area contributed by atoms with Gasteiger partial charge in [-0.2, -0.15) is 23.3 Å². The van der Waals surface area contributed by atoms with E-state index in [0.29, 0.717) is 11.3 Å². The summed E-state index contributed by atoms with van der Waals surface area (Å²) in [6, 6.07) is 22.1. The van der Waals surface area contributed by atoms with Gasteiger partial charge in [0.25, 0.3) is 0 Å². The van der Waals surface area contributed by atoms with E-state index < -0.39 is 0 Å². The molecule has 0 nitrogen and oxygen atoms in total. The molecule has 4 aliphatic rings. The van der Waals surface area contributed by atoms with Crippen molar-refractivity contribution in [2.45, 2.75) is 107 Å². The predicted octanol–water partition coefficient (Wildman–Crippen LogP) is 6.44. The van der Waals surface area contributed by atoms with Gasteiger partial charge in [-0.25, -0.2) is 0 Å². The van der Waals surface area contributed by atoms with Crippen LogP contribution in [0.1, 0.15) is 83.1 Å². The molecule has 6 rings (SSSR count). The molecular formula is C44H58Cl2P2SiZr-2. The first-order chi connectivity index (χ1) is 22.1. The Kier molecular flexibility index (Phi) is 16.1. The second-order valence-corrected chi connectivity index (χ2v) is 31.8. The minimum atomic E-state index is -0.321. The Morgan fingerprint density at radius 2 is 0.820 bits per heavy atom. The van der Waals surface area contributed by atoms with E-state index in [2.05, 4.69) is 193 Å². The molecule has 2 aromatic carbocycles. The molecule has 0 bridgehead atoms. The Morgan fingerprint density at radius 3 is 1.06 bits per heavy atom. The summed E-state index contributed by atoms with van der Waals surface area (Å²) >= 11 is 1.74. The number of benzene rings is 2. The third-order valence-electron chi connectivity index (χ3n) is 8.84. The van der Waals surface area contributed by atoms with Crippen LogP contribution in [0, 0.1) is 33.8 Å². The van der Waals surface area contributed by atoms with Crippen LogP contribution < -0.4 is 35.4 Å². The molecule has 0 fully saturated rings. The normalized spacial score (nSPS) is 22.3. The Hall–Kier alpha value is -0.580. The van der Waals surface area contributed by atoms with Crippen LogP contribution in [0.5, 0.6) is 0 Å². The number of hydrogen-bond acceptors (Lipinski definition) is 0. The molecule has 0 N–H and O–H groups in total. The first kappa shape index (κ1) is 45.6. The van der Waals surface area contributed by atoms with Crippen LogP contribution in [0.4, 0.5) is 0 Å². The quantitative estimate of drug-likeness (QED) is 0.186. The standard InChI is InChI=1S/2C21H26P.C2H6Si.2ClH.Zr/c2*1-20(2,3)16-12-15-13-19(21(4,5)6)22(18(15)14-16)17-10-8-7-9-11-17;1-3-2;;;/h2*7-11,13-14,19H,1-6H3;1-2H3;2*1H;/q2*-1;;;;+2/p-2. The fourth-order valence-electron chi connectivity index (χ4n) is 6.20. The van der Waals surface area contributed by atoms with Crippen molar-refractivity contribution in [3.05, 3.63) is 130 Å². The van der Waals surface area contributed by atoms with E-state index in [9.17, 15) is 0 Å². The molecule has 0 spiro atoms. The number of halogens is 2. The summed E-state index contributed by atoms with van der Waals surface area (Å²) < 4.78 is 0. The maximum absolute atomic E-state index is 3.70. The largest absolute Gasteiger partial charge is 1.00 e. The average molecular weight is 839 g/mol. The monoisotopic (exact) mass is 836 g/mol. The van der Waals surface area contributed by atoms with Crippen molar-refractivity contribution in [1.29, 1.82) is 0 Å². The molecule has 2 aliphatic carbocycles. The first-order valence-corrected chi connectivity index (χ1v) is 26.5. The van der Waals surface area contributed by atoms with Crippen LogP contribution in [0.2, 0.25) is 13.1 Å². The van der Waals surface area contributed by atoms with Crippen molar-refractivity contribution in [3.63, 3.8) is 0 Å². The smallest absolute Gasteiger partial charge is 1.00 e. The van der Waals surface area contributed by atoms with Gasteiger partial charge in [0.2, 0.25) is 0 Å². The fraction of sp³-hybridized carbons (Fsp3) is 0.455. The Bertz CT molecular complexity index is 1560. The second-order valence-electron chi connectivity index (χ2n) is 17.8. The molecule has 2 heterocycles. The van der Waals surface area contributed by atoms with Gasteiger partial charge in [-0.1, -0.05) is 160 Å². The third kappa shape index (κ3) is 11.2. The molecule has 0 radical (unpaired) electrons. The van der Waals surface area contributed by atoms with Crippen molar-refractivity contribution in [3.8, 4) is 0 Å². The second kappa shape index (κ2) is 17.7. The molecule has 6 heteroatoms. The van der Waals surface area contributed by atoms with Crippen LogP contribution >= 0.6 is 15.8 Å². The van der Waals surface area contributed by atoms with E-state index in [1.807, 2.05) is 0 Å². The van der Waals surface area contributed by atoms with E-state index in [-0.39, 0.29) is 67.8 Å². The Labute approximate surface area is 336 Å². The van der Waals surface area contributed by atoms with Gasteiger partial charge in [0.1, 0.15) is 0 Å². The molecule has 0 amide bonds. The van der Waals surface area contributed by atoms with E-state index in [1.54, 1.807) is 23.3 Å². The zero-order chi connectivity index (χ0) is 35.8. The SMILES string of the molecule is CC(C)(C)C1=[C-]C2=CC(C(C)(C)C)P(c3ccccc3)C2=C1.CC(C)(C)C1=[C-]C2=CC(C(C)(C)C)P(c3ccccc3)C2=C1.C[Si](C)=[Zr+2].[Cl-].[Cl-]. The zero-order valence-electron chi connectivity index (χ0n) is 32.9. The summed E-state index contributed by atoms with van der Waals surface area (Å²) in [5.74, 6) is 0. The van der Waals surface area contributed by atoms with Crippen molar-refractivity contribution in [2.75, 3.05) is 0 Å². The van der Waals surface area contributed by atoms with Crippen molar-refractivity contribution in [1.82, 2.24) is 0 Å². The van der Waals surface area contributed by atoms with E-state index in [0.717, 1.165) is 0 Å². The molecule has 0 saturated carbocycles. The number of allylic oxidation sites excluding steroid dienone is 12. The number of fused-ring (bicyclic) bond motifs is 2. The molecule has 4 atom stereocenters. The third-order valence-corrected chi connectivity index (χ3v) is 15.3. The average Bonchev–Trinajstić information content (AvgIpc) is 3.71. The topological polar surface area (TPSA) is 0 Å². The molecule has 2 aliphatic heterocycles. The summed E-state index contributed by atoms with van der Waals surface area (Å²) in [5.41, 5.74) is 7.74. The van der Waals surface area contributed by atoms with Gasteiger partial charge in [0, 0.05) is 0 Å². The first-order valence-electron chi connectivity index (χ1n) is 17.5. The van der Waals surface area contributed by atoms with E-state index in [4.69, 9.17) is 0 Å². The van der Waals surface area contributed by atoms with Gasteiger partial charge in [0.05, 0.1) is 0 Å². The maximum Gasteiger partial charge on any atom is -1.00 e. The van der Waals surface area contributed by atoms with Gasteiger partial charge < -0.3 is 24.8 Å². The summed E-state index contributed by atoms with van der Waals surface area (Å²) in [6.45, 7) is 32.5. The van der Waals surface area contributed by atoms with Crippen LogP contribution in [-0.2, 0) is 23.3 Å². The van der Waals surface area contributed by atoms with Crippen molar-refractivity contribution in [2.24, 2.45) is 21.7 Å². The number of rotatable bonds is 2. The van der Waals surface area contributed by atoms with Crippen LogP contribution in [0.3, 0.4) is 0 Å². The van der Waals surface area contributed by atoms with Gasteiger partial charge >= 0.3 is 41.9 Å². The molecule has 0 saturated heterocycles. The summed E-state index contributed by atoms with van der Waals surface area (Å²) in [7, 11) is -0.641. The van der Waals surface area contributed by atoms with Gasteiger partial charge in [-0.15, -0.1) is 46.1 Å². The summed E-state index contributed by atoms with van der Waals surface area (Å²) in [5, 5.41) is 6.05. The Morgan fingerprint density at radius 1 is 0.540 bits per heavy atom. The van der Waals surface area contributed by atoms with Gasteiger partial charge in [-0.3, -0.25) is 0 Å². The molecule has 50 heavy (non-hydrogen) atoms. The van der Waals surface area contributed by atoms with Crippen molar-refractivity contribution >= 4 is 31.9 Å². The maximum atomic E-state index is 3.70. The number of hydrogen-bond donors (Lipinski definition) is 0. The van der Waals surface area contributed by atoms with Gasteiger partial charge in [-0.05, 0) is 43.6 Å². The van der Waals surface area contributed by atoms with E-state index >= 15 is 0 Å². The van der Waals surface area contributed by atoms with Crippen LogP contribution in [-0.4, -0.2) is 16.8 Å². The molecule has 4 unspecified atom stereocenters. The van der Waals surface area contributed by atoms with E-state index in [1.165, 1.54) is 43.5 Å². The summed E-state index contributed by atoms with van der Waals surface area (Å²) in [6.07, 6.45) is 17.2. The molecule has 2 aromatic rings. The minimum Gasteiger partial charge on any atom is -1.00 e. The molecule has 0 aromatic heterocycles.